The number of hydrogen-bond donors (Lipinski definition) is 0. The van der Waals surface area contributed by atoms with Crippen LogP contribution in [0.5, 0.6) is 11.5 Å². The van der Waals surface area contributed by atoms with Gasteiger partial charge in [-0.3, -0.25) is 9.69 Å². The van der Waals surface area contributed by atoms with Crippen LogP contribution in [0.4, 0.5) is 0 Å². The molecule has 5 heteroatoms. The Morgan fingerprint density at radius 1 is 0.839 bits per heavy atom. The molecule has 5 nitrogen and oxygen atoms in total. The maximum Gasteiger partial charge on any atom is 0.237 e. The van der Waals surface area contributed by atoms with Crippen molar-refractivity contribution < 1.29 is 14.3 Å². The van der Waals surface area contributed by atoms with Crippen LogP contribution in [0.2, 0.25) is 0 Å². The quantitative estimate of drug-likeness (QED) is 0.581. The number of fused-ring (bicyclic) bond motifs is 1. The Morgan fingerprint density at radius 3 is 2.03 bits per heavy atom. The smallest absolute Gasteiger partial charge is 0.237 e. The normalized spacial score (nSPS) is 12.8. The molecular formula is C26H28N2O3. The third kappa shape index (κ3) is 5.06. The average molecular weight is 417 g/mol. The maximum atomic E-state index is 13.2. The van der Waals surface area contributed by atoms with E-state index < -0.39 is 0 Å². The predicted molar refractivity (Wildman–Crippen MR) is 121 cm³/mol. The van der Waals surface area contributed by atoms with E-state index in [-0.39, 0.29) is 11.9 Å². The monoisotopic (exact) mass is 416 g/mol. The van der Waals surface area contributed by atoms with E-state index in [4.69, 9.17) is 9.47 Å². The van der Waals surface area contributed by atoms with Gasteiger partial charge in [0.05, 0.1) is 12.6 Å². The molecule has 4 rings (SSSR count). The van der Waals surface area contributed by atoms with Gasteiger partial charge in [-0.15, -0.1) is 0 Å². The van der Waals surface area contributed by atoms with Gasteiger partial charge < -0.3 is 14.4 Å². The van der Waals surface area contributed by atoms with Crippen LogP contribution >= 0.6 is 0 Å². The third-order valence-electron chi connectivity index (χ3n) is 5.48. The van der Waals surface area contributed by atoms with E-state index in [1.165, 1.54) is 0 Å². The van der Waals surface area contributed by atoms with Gasteiger partial charge in [-0.1, -0.05) is 66.7 Å². The molecule has 1 aliphatic heterocycles. The van der Waals surface area contributed by atoms with Gasteiger partial charge in [-0.05, 0) is 35.9 Å². The zero-order valence-corrected chi connectivity index (χ0v) is 18.0. The topological polar surface area (TPSA) is 42.0 Å². The first kappa shape index (κ1) is 20.9. The zero-order valence-electron chi connectivity index (χ0n) is 18.0. The number of ether oxygens (including phenoxy) is 2. The fourth-order valence-corrected chi connectivity index (χ4v) is 3.95. The van der Waals surface area contributed by atoms with Crippen molar-refractivity contribution in [2.45, 2.75) is 12.6 Å². The standard InChI is InChI=1S/C26H28N2O3/c1-27(18-20-13-14-23-24(17-20)31-16-15-30-23)19-25(29)28(2)26(21-9-5-3-6-10-21)22-11-7-4-8-12-22/h3-14,17,26H,15-16,18-19H2,1-2H3. The predicted octanol–water partition coefficient (Wildman–Crippen LogP) is 4.14. The van der Waals surface area contributed by atoms with E-state index in [0.29, 0.717) is 26.3 Å². The van der Waals surface area contributed by atoms with E-state index in [2.05, 4.69) is 24.3 Å². The minimum Gasteiger partial charge on any atom is -0.486 e. The molecule has 1 aliphatic rings. The molecule has 0 bridgehead atoms. The first-order chi connectivity index (χ1) is 15.1. The van der Waals surface area contributed by atoms with Gasteiger partial charge in [-0.25, -0.2) is 0 Å². The lowest BCUT2D eigenvalue weighted by Crippen LogP contribution is -2.39. The van der Waals surface area contributed by atoms with E-state index in [9.17, 15) is 4.79 Å². The third-order valence-corrected chi connectivity index (χ3v) is 5.48. The summed E-state index contributed by atoms with van der Waals surface area (Å²) >= 11 is 0. The van der Waals surface area contributed by atoms with Crippen molar-refractivity contribution in [2.75, 3.05) is 33.9 Å². The van der Waals surface area contributed by atoms with Crippen molar-refractivity contribution in [3.63, 3.8) is 0 Å². The molecule has 0 spiro atoms. The summed E-state index contributed by atoms with van der Waals surface area (Å²) in [6.45, 7) is 2.12. The lowest BCUT2D eigenvalue weighted by atomic mass is 9.97. The summed E-state index contributed by atoms with van der Waals surface area (Å²) in [5, 5.41) is 0. The van der Waals surface area contributed by atoms with E-state index in [1.54, 1.807) is 0 Å². The van der Waals surface area contributed by atoms with E-state index in [0.717, 1.165) is 28.2 Å². The van der Waals surface area contributed by atoms with Gasteiger partial charge in [0, 0.05) is 13.6 Å². The van der Waals surface area contributed by atoms with E-state index >= 15 is 0 Å². The lowest BCUT2D eigenvalue weighted by molar-refractivity contribution is -0.132. The average Bonchev–Trinajstić information content (AvgIpc) is 2.80. The molecule has 0 aliphatic carbocycles. The summed E-state index contributed by atoms with van der Waals surface area (Å²) in [4.78, 5) is 17.1. The number of carbonyl (C=O) groups is 1. The fraction of sp³-hybridized carbons (Fsp3) is 0.269. The summed E-state index contributed by atoms with van der Waals surface area (Å²) in [5.41, 5.74) is 3.28. The highest BCUT2D eigenvalue weighted by Crippen LogP contribution is 2.31. The van der Waals surface area contributed by atoms with E-state index in [1.807, 2.05) is 78.5 Å². The van der Waals surface area contributed by atoms with Crippen molar-refractivity contribution in [1.82, 2.24) is 9.80 Å². The minimum atomic E-state index is -0.127. The molecule has 3 aromatic rings. The molecule has 1 amide bonds. The highest BCUT2D eigenvalue weighted by Gasteiger charge is 2.24. The summed E-state index contributed by atoms with van der Waals surface area (Å²) in [6, 6.07) is 26.1. The van der Waals surface area contributed by atoms with Crippen molar-refractivity contribution in [1.29, 1.82) is 0 Å². The number of rotatable bonds is 7. The molecule has 0 radical (unpaired) electrons. The Kier molecular flexibility index (Phi) is 6.53. The largest absolute Gasteiger partial charge is 0.486 e. The molecular weight excluding hydrogens is 388 g/mol. The van der Waals surface area contributed by atoms with Gasteiger partial charge in [0.15, 0.2) is 11.5 Å². The van der Waals surface area contributed by atoms with Crippen LogP contribution in [-0.4, -0.2) is 49.6 Å². The van der Waals surface area contributed by atoms with Crippen LogP contribution in [0.15, 0.2) is 78.9 Å². The number of nitrogens with zero attached hydrogens (tertiary/aromatic N) is 2. The fourth-order valence-electron chi connectivity index (χ4n) is 3.95. The number of benzene rings is 3. The second kappa shape index (κ2) is 9.67. The minimum absolute atomic E-state index is 0.0674. The summed E-state index contributed by atoms with van der Waals surface area (Å²) in [6.07, 6.45) is 0. The Labute approximate surface area is 183 Å². The first-order valence-electron chi connectivity index (χ1n) is 10.5. The van der Waals surface area contributed by atoms with Crippen LogP contribution in [-0.2, 0) is 11.3 Å². The van der Waals surface area contributed by atoms with Crippen LogP contribution < -0.4 is 9.47 Å². The van der Waals surface area contributed by atoms with Crippen LogP contribution in [0.3, 0.4) is 0 Å². The SMILES string of the molecule is CN(CC(=O)N(C)C(c1ccccc1)c1ccccc1)Cc1ccc2c(c1)OCCO2. The number of carbonyl (C=O) groups excluding carboxylic acids is 1. The molecule has 0 N–H and O–H groups in total. The van der Waals surface area contributed by atoms with Crippen molar-refractivity contribution in [3.8, 4) is 11.5 Å². The molecule has 0 saturated heterocycles. The maximum absolute atomic E-state index is 13.2. The highest BCUT2D eigenvalue weighted by atomic mass is 16.6. The first-order valence-corrected chi connectivity index (χ1v) is 10.5. The molecule has 160 valence electrons. The van der Waals surface area contributed by atoms with Crippen LogP contribution in [0, 0.1) is 0 Å². The van der Waals surface area contributed by atoms with Gasteiger partial charge in [0.1, 0.15) is 13.2 Å². The zero-order chi connectivity index (χ0) is 21.6. The molecule has 0 fully saturated rings. The summed E-state index contributed by atoms with van der Waals surface area (Å²) in [7, 11) is 3.84. The second-order valence-corrected chi connectivity index (χ2v) is 7.88. The molecule has 31 heavy (non-hydrogen) atoms. The molecule has 0 aromatic heterocycles. The summed E-state index contributed by atoms with van der Waals surface area (Å²) < 4.78 is 11.3. The number of likely N-dealkylation sites (N-methyl/N-ethyl adjacent to an activating group) is 2. The molecule has 0 unspecified atom stereocenters. The Hall–Kier alpha value is -3.31. The molecule has 0 atom stereocenters. The van der Waals surface area contributed by atoms with Gasteiger partial charge in [0.25, 0.3) is 0 Å². The van der Waals surface area contributed by atoms with Crippen molar-refractivity contribution in [3.05, 3.63) is 95.6 Å². The van der Waals surface area contributed by atoms with Crippen LogP contribution in [0.25, 0.3) is 0 Å². The molecule has 1 heterocycles. The van der Waals surface area contributed by atoms with Gasteiger partial charge in [0.2, 0.25) is 5.91 Å². The Morgan fingerprint density at radius 2 is 1.42 bits per heavy atom. The van der Waals surface area contributed by atoms with Crippen LogP contribution in [0.1, 0.15) is 22.7 Å². The lowest BCUT2D eigenvalue weighted by Gasteiger charge is -2.31. The van der Waals surface area contributed by atoms with Gasteiger partial charge >= 0.3 is 0 Å². The number of amides is 1. The Balaban J connectivity index is 1.46. The van der Waals surface area contributed by atoms with Crippen molar-refractivity contribution >= 4 is 5.91 Å². The molecule has 3 aromatic carbocycles. The highest BCUT2D eigenvalue weighted by molar-refractivity contribution is 5.79. The Bertz CT molecular complexity index is 968. The summed E-state index contributed by atoms with van der Waals surface area (Å²) in [5.74, 6) is 1.62. The molecule has 0 saturated carbocycles. The van der Waals surface area contributed by atoms with Crippen molar-refractivity contribution in [2.24, 2.45) is 0 Å². The second-order valence-electron chi connectivity index (χ2n) is 7.88. The number of hydrogen-bond acceptors (Lipinski definition) is 4. The van der Waals surface area contributed by atoms with Gasteiger partial charge in [-0.2, -0.15) is 0 Å².